The van der Waals surface area contributed by atoms with Gasteiger partial charge in [-0.1, -0.05) is 19.3 Å². The van der Waals surface area contributed by atoms with E-state index < -0.39 is 12.3 Å². The molecular weight excluding hydrogens is 350 g/mol. The minimum atomic E-state index is -0.902. The van der Waals surface area contributed by atoms with E-state index in [-0.39, 0.29) is 18.4 Å². The molecule has 1 aliphatic carbocycles. The quantitative estimate of drug-likeness (QED) is 0.332. The van der Waals surface area contributed by atoms with Gasteiger partial charge in [0.05, 0.1) is 12.6 Å². The molecule has 1 unspecified atom stereocenters. The average molecular weight is 377 g/mol. The van der Waals surface area contributed by atoms with Crippen molar-refractivity contribution in [1.82, 2.24) is 20.2 Å². The van der Waals surface area contributed by atoms with Gasteiger partial charge in [0.15, 0.2) is 5.82 Å². The summed E-state index contributed by atoms with van der Waals surface area (Å²) < 4.78 is 0. The molecular formula is C18H27N5O4. The normalized spacial score (nSPS) is 22.7. The Labute approximate surface area is 158 Å². The molecule has 2 fully saturated rings. The number of carbonyl (C=O) groups excluding carboxylic acids is 2. The lowest BCUT2D eigenvalue weighted by Crippen LogP contribution is -2.51. The van der Waals surface area contributed by atoms with Gasteiger partial charge in [-0.15, -0.1) is 5.10 Å². The number of hydrogen-bond donors (Lipinski definition) is 3. The molecule has 1 aliphatic heterocycles. The second-order valence-corrected chi connectivity index (χ2v) is 7.43. The van der Waals surface area contributed by atoms with Gasteiger partial charge in [-0.25, -0.2) is 5.06 Å². The van der Waals surface area contributed by atoms with Crippen LogP contribution in [0.15, 0.2) is 18.3 Å². The summed E-state index contributed by atoms with van der Waals surface area (Å²) in [6.07, 6.45) is 6.51. The number of hydroxylamine groups is 2. The van der Waals surface area contributed by atoms with Crippen molar-refractivity contribution in [3.63, 3.8) is 0 Å². The van der Waals surface area contributed by atoms with Crippen molar-refractivity contribution < 1.29 is 19.9 Å². The van der Waals surface area contributed by atoms with Crippen molar-refractivity contribution in [2.75, 3.05) is 18.4 Å². The predicted molar refractivity (Wildman–Crippen MR) is 96.4 cm³/mol. The van der Waals surface area contributed by atoms with Crippen LogP contribution in [-0.2, 0) is 9.59 Å². The summed E-state index contributed by atoms with van der Waals surface area (Å²) >= 11 is 0. The number of rotatable bonds is 9. The van der Waals surface area contributed by atoms with Crippen molar-refractivity contribution in [3.05, 3.63) is 18.3 Å². The van der Waals surface area contributed by atoms with Gasteiger partial charge in [0.2, 0.25) is 12.3 Å². The first kappa shape index (κ1) is 19.7. The fourth-order valence-corrected chi connectivity index (χ4v) is 3.97. The number of amides is 2. The summed E-state index contributed by atoms with van der Waals surface area (Å²) in [6, 6.07) is 2.87. The zero-order valence-corrected chi connectivity index (χ0v) is 15.3. The Morgan fingerprint density at radius 2 is 2.22 bits per heavy atom. The largest absolute Gasteiger partial charge is 0.378 e. The van der Waals surface area contributed by atoms with Crippen LogP contribution in [0.25, 0.3) is 0 Å². The summed E-state index contributed by atoms with van der Waals surface area (Å²) in [7, 11) is 0. The van der Waals surface area contributed by atoms with Crippen LogP contribution in [-0.4, -0.2) is 68.2 Å². The molecule has 0 bridgehead atoms. The maximum Gasteiger partial charge on any atom is 0.243 e. The van der Waals surface area contributed by atoms with Crippen molar-refractivity contribution >= 4 is 18.1 Å². The third kappa shape index (κ3) is 5.00. The molecule has 3 atom stereocenters. The number of likely N-dealkylation sites (tertiary alicyclic amines) is 1. The van der Waals surface area contributed by atoms with E-state index in [4.69, 9.17) is 0 Å². The molecule has 0 aromatic carbocycles. The first-order chi connectivity index (χ1) is 13.1. The van der Waals surface area contributed by atoms with Crippen molar-refractivity contribution in [2.24, 2.45) is 11.8 Å². The van der Waals surface area contributed by atoms with E-state index in [1.54, 1.807) is 17.0 Å². The SMILES string of the molecule is O=CN(O)C[C@@H](CC1CCC1)C(O)N1CCC[C@H]1C(=O)Nc1cccnn1. The smallest absolute Gasteiger partial charge is 0.243 e. The van der Waals surface area contributed by atoms with E-state index in [1.807, 2.05) is 0 Å². The van der Waals surface area contributed by atoms with Crippen LogP contribution in [0.2, 0.25) is 0 Å². The zero-order valence-electron chi connectivity index (χ0n) is 15.3. The highest BCUT2D eigenvalue weighted by atomic mass is 16.5. The molecule has 2 heterocycles. The summed E-state index contributed by atoms with van der Waals surface area (Å²) in [5, 5.41) is 31.5. The van der Waals surface area contributed by atoms with E-state index in [2.05, 4.69) is 15.5 Å². The second-order valence-electron chi connectivity index (χ2n) is 7.43. The van der Waals surface area contributed by atoms with Crippen LogP contribution < -0.4 is 5.32 Å². The number of aromatic nitrogens is 2. The maximum atomic E-state index is 12.7. The molecule has 9 heteroatoms. The molecule has 148 valence electrons. The molecule has 0 spiro atoms. The number of aliphatic hydroxyl groups excluding tert-OH is 1. The Kier molecular flexibility index (Phi) is 6.70. The number of nitrogens with zero attached hydrogens (tertiary/aromatic N) is 4. The maximum absolute atomic E-state index is 12.7. The van der Waals surface area contributed by atoms with Gasteiger partial charge in [0.1, 0.15) is 6.23 Å². The lowest BCUT2D eigenvalue weighted by molar-refractivity contribution is -0.161. The molecule has 3 rings (SSSR count). The Morgan fingerprint density at radius 1 is 1.41 bits per heavy atom. The highest BCUT2D eigenvalue weighted by molar-refractivity contribution is 5.94. The first-order valence-corrected chi connectivity index (χ1v) is 9.51. The Hall–Kier alpha value is -2.10. The fourth-order valence-electron chi connectivity index (χ4n) is 3.97. The van der Waals surface area contributed by atoms with Gasteiger partial charge in [-0.3, -0.25) is 19.7 Å². The number of aliphatic hydroxyl groups is 1. The second kappa shape index (κ2) is 9.20. The minimum absolute atomic E-state index is 0.0518. The highest BCUT2D eigenvalue weighted by Crippen LogP contribution is 2.35. The highest BCUT2D eigenvalue weighted by Gasteiger charge is 2.39. The Bertz CT molecular complexity index is 627. The summed E-state index contributed by atoms with van der Waals surface area (Å²) in [6.45, 7) is 0.642. The topological polar surface area (TPSA) is 119 Å². The standard InChI is InChI=1S/C18H27N5O4/c24-12-22(27)11-14(10-13-4-1-5-13)18(26)23-9-3-6-15(23)17(25)20-16-7-2-8-19-21-16/h2,7-8,12-15,18,26-27H,1,3-6,9-11H2,(H,20,21,25)/t14-,15+,18?/m1/s1. The van der Waals surface area contributed by atoms with Gasteiger partial charge in [-0.05, 0) is 37.3 Å². The summed E-state index contributed by atoms with van der Waals surface area (Å²) in [4.78, 5) is 25.3. The minimum Gasteiger partial charge on any atom is -0.378 e. The molecule has 1 saturated heterocycles. The molecule has 0 radical (unpaired) electrons. The molecule has 1 aromatic rings. The number of carbonyl (C=O) groups is 2. The zero-order chi connectivity index (χ0) is 19.2. The Balaban J connectivity index is 1.66. The van der Waals surface area contributed by atoms with Crippen LogP contribution in [0.1, 0.15) is 38.5 Å². The lowest BCUT2D eigenvalue weighted by Gasteiger charge is -2.38. The Morgan fingerprint density at radius 3 is 2.85 bits per heavy atom. The summed E-state index contributed by atoms with van der Waals surface area (Å²) in [5.41, 5.74) is 0. The van der Waals surface area contributed by atoms with Gasteiger partial charge in [0, 0.05) is 18.7 Å². The third-order valence-corrected chi connectivity index (χ3v) is 5.59. The molecule has 3 N–H and O–H groups in total. The van der Waals surface area contributed by atoms with Gasteiger partial charge in [0.25, 0.3) is 0 Å². The van der Waals surface area contributed by atoms with Crippen LogP contribution in [0.5, 0.6) is 0 Å². The van der Waals surface area contributed by atoms with E-state index in [1.165, 1.54) is 12.6 Å². The third-order valence-electron chi connectivity index (χ3n) is 5.59. The van der Waals surface area contributed by atoms with Gasteiger partial charge < -0.3 is 10.4 Å². The van der Waals surface area contributed by atoms with Crippen LogP contribution in [0.3, 0.4) is 0 Å². The first-order valence-electron chi connectivity index (χ1n) is 9.51. The van der Waals surface area contributed by atoms with E-state index in [9.17, 15) is 19.9 Å². The molecule has 9 nitrogen and oxygen atoms in total. The van der Waals surface area contributed by atoms with E-state index in [0.29, 0.717) is 36.2 Å². The van der Waals surface area contributed by atoms with Gasteiger partial charge in [-0.2, -0.15) is 5.10 Å². The molecule has 1 saturated carbocycles. The van der Waals surface area contributed by atoms with Crippen LogP contribution in [0, 0.1) is 11.8 Å². The van der Waals surface area contributed by atoms with E-state index >= 15 is 0 Å². The van der Waals surface area contributed by atoms with Crippen molar-refractivity contribution in [2.45, 2.75) is 50.8 Å². The van der Waals surface area contributed by atoms with Crippen LogP contribution >= 0.6 is 0 Å². The molecule has 27 heavy (non-hydrogen) atoms. The number of hydrogen-bond acceptors (Lipinski definition) is 7. The number of anilines is 1. The predicted octanol–water partition coefficient (Wildman–Crippen LogP) is 0.852. The average Bonchev–Trinajstić information content (AvgIpc) is 3.13. The molecule has 2 aliphatic rings. The fraction of sp³-hybridized carbons (Fsp3) is 0.667. The van der Waals surface area contributed by atoms with E-state index in [0.717, 1.165) is 25.7 Å². The molecule has 1 aromatic heterocycles. The molecule has 2 amide bonds. The lowest BCUT2D eigenvalue weighted by atomic mass is 9.78. The van der Waals surface area contributed by atoms with Crippen molar-refractivity contribution in [1.29, 1.82) is 0 Å². The monoisotopic (exact) mass is 377 g/mol. The van der Waals surface area contributed by atoms with Gasteiger partial charge >= 0.3 is 0 Å². The number of nitrogens with one attached hydrogen (secondary N) is 1. The van der Waals surface area contributed by atoms with Crippen LogP contribution in [0.4, 0.5) is 5.82 Å². The van der Waals surface area contributed by atoms with Crippen molar-refractivity contribution in [3.8, 4) is 0 Å². The summed E-state index contributed by atoms with van der Waals surface area (Å²) in [5.74, 6) is 0.331.